The van der Waals surface area contributed by atoms with Crippen LogP contribution in [0.2, 0.25) is 0 Å². The van der Waals surface area contributed by atoms with Gasteiger partial charge in [0.1, 0.15) is 11.6 Å². The number of halogens is 2. The molecule has 1 aliphatic carbocycles. The molecule has 6 nitrogen and oxygen atoms in total. The molecule has 26 heavy (non-hydrogen) atoms. The maximum Gasteiger partial charge on any atom is 0.251 e. The summed E-state index contributed by atoms with van der Waals surface area (Å²) in [5, 5.41) is 14.7. The first-order valence-electron chi connectivity index (χ1n) is 8.86. The number of aliphatic hydroxyl groups excluding tert-OH is 1. The van der Waals surface area contributed by atoms with Crippen molar-refractivity contribution in [2.24, 2.45) is 0 Å². The third-order valence-electron chi connectivity index (χ3n) is 4.99. The lowest BCUT2D eigenvalue weighted by Gasteiger charge is -2.46. The summed E-state index contributed by atoms with van der Waals surface area (Å²) < 4.78 is 26.2. The molecule has 2 aliphatic rings. The SMILES string of the molecule is O=C(CNC(=O)c1cc(F)cc(F)c1)NC1CN(C2CCC(O)CC2)C1. The quantitative estimate of drug-likeness (QED) is 0.719. The molecule has 2 fully saturated rings. The Morgan fingerprint density at radius 3 is 2.31 bits per heavy atom. The van der Waals surface area contributed by atoms with Crippen LogP contribution in [0.25, 0.3) is 0 Å². The van der Waals surface area contributed by atoms with E-state index in [9.17, 15) is 23.5 Å². The molecule has 0 atom stereocenters. The standard InChI is InChI=1S/C18H23F2N3O3/c19-12-5-11(6-13(20)7-12)18(26)21-8-17(25)22-14-9-23(10-14)15-1-3-16(24)4-2-15/h5-7,14-16,24H,1-4,8-10H2,(H,21,26)(H,22,25). The van der Waals surface area contributed by atoms with Crippen molar-refractivity contribution in [2.75, 3.05) is 19.6 Å². The summed E-state index contributed by atoms with van der Waals surface area (Å²) in [5.74, 6) is -2.72. The minimum atomic E-state index is -0.843. The molecule has 1 aliphatic heterocycles. The van der Waals surface area contributed by atoms with Gasteiger partial charge in [-0.2, -0.15) is 0 Å². The Bertz CT molecular complexity index is 651. The van der Waals surface area contributed by atoms with Gasteiger partial charge in [0.25, 0.3) is 5.91 Å². The van der Waals surface area contributed by atoms with Crippen molar-refractivity contribution in [1.29, 1.82) is 0 Å². The molecule has 1 heterocycles. The zero-order valence-electron chi connectivity index (χ0n) is 14.4. The Kier molecular flexibility index (Phi) is 5.83. The van der Waals surface area contributed by atoms with E-state index >= 15 is 0 Å². The molecule has 1 aromatic carbocycles. The Morgan fingerprint density at radius 1 is 1.08 bits per heavy atom. The summed E-state index contributed by atoms with van der Waals surface area (Å²) in [4.78, 5) is 26.1. The molecule has 0 aromatic heterocycles. The highest BCUT2D eigenvalue weighted by molar-refractivity contribution is 5.96. The third-order valence-corrected chi connectivity index (χ3v) is 4.99. The van der Waals surface area contributed by atoms with Crippen LogP contribution in [-0.4, -0.2) is 59.6 Å². The Hall–Kier alpha value is -2.06. The molecule has 1 aromatic rings. The largest absolute Gasteiger partial charge is 0.393 e. The molecule has 0 bridgehead atoms. The number of hydrogen-bond donors (Lipinski definition) is 3. The van der Waals surface area contributed by atoms with E-state index in [-0.39, 0.29) is 30.2 Å². The van der Waals surface area contributed by atoms with Gasteiger partial charge in [-0.25, -0.2) is 8.78 Å². The molecule has 3 N–H and O–H groups in total. The Balaban J connectivity index is 1.37. The number of hydrogen-bond acceptors (Lipinski definition) is 4. The molecule has 1 saturated carbocycles. The maximum atomic E-state index is 13.1. The molecule has 1 saturated heterocycles. The van der Waals surface area contributed by atoms with E-state index in [1.807, 2.05) is 0 Å². The fourth-order valence-electron chi connectivity index (χ4n) is 3.55. The molecule has 0 radical (unpaired) electrons. The van der Waals surface area contributed by atoms with E-state index in [1.165, 1.54) is 0 Å². The molecule has 2 amide bonds. The van der Waals surface area contributed by atoms with Gasteiger partial charge in [-0.05, 0) is 37.8 Å². The van der Waals surface area contributed by atoms with Gasteiger partial charge in [-0.3, -0.25) is 14.5 Å². The first-order valence-corrected chi connectivity index (χ1v) is 8.86. The number of carbonyl (C=O) groups is 2. The Morgan fingerprint density at radius 2 is 1.69 bits per heavy atom. The van der Waals surface area contributed by atoms with E-state index in [1.54, 1.807) is 0 Å². The van der Waals surface area contributed by atoms with Crippen LogP contribution in [0.4, 0.5) is 8.78 Å². The summed E-state index contributed by atoms with van der Waals surface area (Å²) >= 11 is 0. The fraction of sp³-hybridized carbons (Fsp3) is 0.556. The number of aliphatic hydroxyl groups is 1. The van der Waals surface area contributed by atoms with Crippen molar-refractivity contribution in [3.05, 3.63) is 35.4 Å². The highest BCUT2D eigenvalue weighted by Gasteiger charge is 2.34. The fourth-order valence-corrected chi connectivity index (χ4v) is 3.55. The molecule has 3 rings (SSSR count). The number of rotatable bonds is 5. The van der Waals surface area contributed by atoms with Crippen LogP contribution in [0.3, 0.4) is 0 Å². The van der Waals surface area contributed by atoms with Gasteiger partial charge in [0.05, 0.1) is 18.7 Å². The van der Waals surface area contributed by atoms with Gasteiger partial charge in [0, 0.05) is 30.8 Å². The topological polar surface area (TPSA) is 81.7 Å². The van der Waals surface area contributed by atoms with Crippen molar-refractivity contribution < 1.29 is 23.5 Å². The van der Waals surface area contributed by atoms with Crippen LogP contribution in [0, 0.1) is 11.6 Å². The van der Waals surface area contributed by atoms with Crippen LogP contribution in [0.1, 0.15) is 36.0 Å². The van der Waals surface area contributed by atoms with Crippen LogP contribution in [-0.2, 0) is 4.79 Å². The predicted octanol–water partition coefficient (Wildman–Crippen LogP) is 0.798. The van der Waals surface area contributed by atoms with E-state index in [2.05, 4.69) is 15.5 Å². The molecule has 0 spiro atoms. The number of likely N-dealkylation sites (tertiary alicyclic amines) is 1. The molecular formula is C18H23F2N3O3. The highest BCUT2D eigenvalue weighted by atomic mass is 19.1. The monoisotopic (exact) mass is 367 g/mol. The van der Waals surface area contributed by atoms with Gasteiger partial charge >= 0.3 is 0 Å². The van der Waals surface area contributed by atoms with E-state index in [4.69, 9.17) is 0 Å². The second-order valence-electron chi connectivity index (χ2n) is 7.02. The lowest BCUT2D eigenvalue weighted by molar-refractivity contribution is -0.122. The lowest BCUT2D eigenvalue weighted by Crippen LogP contribution is -2.63. The number of amides is 2. The average molecular weight is 367 g/mol. The first kappa shape index (κ1) is 18.7. The van der Waals surface area contributed by atoms with Gasteiger partial charge in [-0.15, -0.1) is 0 Å². The van der Waals surface area contributed by atoms with Crippen molar-refractivity contribution in [1.82, 2.24) is 15.5 Å². The zero-order valence-corrected chi connectivity index (χ0v) is 14.4. The Labute approximate surface area is 150 Å². The minimum Gasteiger partial charge on any atom is -0.393 e. The smallest absolute Gasteiger partial charge is 0.251 e. The van der Waals surface area contributed by atoms with Crippen LogP contribution in [0.15, 0.2) is 18.2 Å². The first-order chi connectivity index (χ1) is 12.4. The van der Waals surface area contributed by atoms with Crippen LogP contribution in [0.5, 0.6) is 0 Å². The van der Waals surface area contributed by atoms with Crippen molar-refractivity contribution in [3.8, 4) is 0 Å². The average Bonchev–Trinajstić information content (AvgIpc) is 2.56. The lowest BCUT2D eigenvalue weighted by atomic mass is 9.89. The second kappa shape index (κ2) is 8.09. The molecule has 0 unspecified atom stereocenters. The minimum absolute atomic E-state index is 0.0397. The number of benzene rings is 1. The van der Waals surface area contributed by atoms with Gasteiger partial charge < -0.3 is 15.7 Å². The maximum absolute atomic E-state index is 13.1. The van der Waals surface area contributed by atoms with Crippen LogP contribution >= 0.6 is 0 Å². The van der Waals surface area contributed by atoms with Crippen molar-refractivity contribution >= 4 is 11.8 Å². The number of carbonyl (C=O) groups excluding carboxylic acids is 2. The van der Waals surface area contributed by atoms with Gasteiger partial charge in [0.2, 0.25) is 5.91 Å². The van der Waals surface area contributed by atoms with Gasteiger partial charge in [-0.1, -0.05) is 0 Å². The molecular weight excluding hydrogens is 344 g/mol. The van der Waals surface area contributed by atoms with E-state index in [0.717, 1.165) is 50.9 Å². The molecule has 142 valence electrons. The van der Waals surface area contributed by atoms with Crippen molar-refractivity contribution in [2.45, 2.75) is 43.9 Å². The summed E-state index contributed by atoms with van der Waals surface area (Å²) in [6, 6.07) is 3.02. The summed E-state index contributed by atoms with van der Waals surface area (Å²) in [5.41, 5.74) is -0.162. The van der Waals surface area contributed by atoms with E-state index in [0.29, 0.717) is 12.1 Å². The number of nitrogens with one attached hydrogen (secondary N) is 2. The predicted molar refractivity (Wildman–Crippen MR) is 90.5 cm³/mol. The summed E-state index contributed by atoms with van der Waals surface area (Å²) in [6.45, 7) is 1.27. The highest BCUT2D eigenvalue weighted by Crippen LogP contribution is 2.26. The van der Waals surface area contributed by atoms with Gasteiger partial charge in [0.15, 0.2) is 0 Å². The number of nitrogens with zero attached hydrogens (tertiary/aromatic N) is 1. The summed E-state index contributed by atoms with van der Waals surface area (Å²) in [6.07, 6.45) is 3.41. The second-order valence-corrected chi connectivity index (χ2v) is 7.02. The molecule has 8 heteroatoms. The summed E-state index contributed by atoms with van der Waals surface area (Å²) in [7, 11) is 0. The normalized spacial score (nSPS) is 24.0. The zero-order chi connectivity index (χ0) is 18.7. The third kappa shape index (κ3) is 4.76. The van der Waals surface area contributed by atoms with Crippen molar-refractivity contribution in [3.63, 3.8) is 0 Å². The van der Waals surface area contributed by atoms with Crippen LogP contribution < -0.4 is 10.6 Å². The van der Waals surface area contributed by atoms with E-state index < -0.39 is 17.5 Å².